The van der Waals surface area contributed by atoms with Gasteiger partial charge in [-0.2, -0.15) is 0 Å². The summed E-state index contributed by atoms with van der Waals surface area (Å²) in [5.74, 6) is 0.0182. The van der Waals surface area contributed by atoms with E-state index >= 15 is 0 Å². The number of benzene rings is 1. The van der Waals surface area contributed by atoms with Crippen molar-refractivity contribution in [1.29, 1.82) is 0 Å². The summed E-state index contributed by atoms with van der Waals surface area (Å²) >= 11 is 6.39. The van der Waals surface area contributed by atoms with Crippen molar-refractivity contribution in [3.63, 3.8) is 0 Å². The lowest BCUT2D eigenvalue weighted by atomic mass is 10.1. The molecule has 2 fully saturated rings. The maximum Gasteiger partial charge on any atom is 0.241 e. The molecule has 0 spiro atoms. The quantitative estimate of drug-likeness (QED) is 0.886. The second-order valence-corrected chi connectivity index (χ2v) is 6.15. The Morgan fingerprint density at radius 2 is 2.05 bits per heavy atom. The van der Waals surface area contributed by atoms with Crippen molar-refractivity contribution < 1.29 is 4.79 Å². The molecule has 0 radical (unpaired) electrons. The van der Waals surface area contributed by atoms with E-state index in [4.69, 9.17) is 11.6 Å². The van der Waals surface area contributed by atoms with Gasteiger partial charge in [-0.25, -0.2) is 0 Å². The molecule has 0 bridgehead atoms. The second kappa shape index (κ2) is 6.22. The molecule has 3 rings (SSSR count). The van der Waals surface area contributed by atoms with E-state index in [0.717, 1.165) is 50.5 Å². The molecule has 0 saturated carbocycles. The molecule has 2 aliphatic heterocycles. The third kappa shape index (κ3) is 3.31. The highest BCUT2D eigenvalue weighted by Crippen LogP contribution is 2.29. The summed E-state index contributed by atoms with van der Waals surface area (Å²) < 4.78 is 0. The number of rotatable bonds is 3. The van der Waals surface area contributed by atoms with Crippen LogP contribution in [0.15, 0.2) is 18.2 Å². The fourth-order valence-corrected chi connectivity index (χ4v) is 2.93. The van der Waals surface area contributed by atoms with Gasteiger partial charge in [0.15, 0.2) is 0 Å². The lowest BCUT2D eigenvalue weighted by molar-refractivity contribution is -0.119. The highest BCUT2D eigenvalue weighted by molar-refractivity contribution is 6.33. The number of halogens is 1. The van der Waals surface area contributed by atoms with Crippen LogP contribution in [0.3, 0.4) is 0 Å². The molecule has 2 saturated heterocycles. The van der Waals surface area contributed by atoms with E-state index in [-0.39, 0.29) is 11.9 Å². The number of carbonyl (C=O) groups is 1. The summed E-state index contributed by atoms with van der Waals surface area (Å²) in [7, 11) is 2.13. The Hall–Kier alpha value is -1.30. The summed E-state index contributed by atoms with van der Waals surface area (Å²) in [6.07, 6.45) is 0.902. The fourth-order valence-electron chi connectivity index (χ4n) is 2.63. The summed E-state index contributed by atoms with van der Waals surface area (Å²) in [6, 6.07) is 5.71. The van der Waals surface area contributed by atoms with E-state index < -0.39 is 0 Å². The molecule has 21 heavy (non-hydrogen) atoms. The van der Waals surface area contributed by atoms with E-state index in [1.807, 2.05) is 18.2 Å². The molecule has 0 unspecified atom stereocenters. The van der Waals surface area contributed by atoms with E-state index in [1.165, 1.54) is 0 Å². The molecule has 2 N–H and O–H groups in total. The first-order valence-corrected chi connectivity index (χ1v) is 7.78. The van der Waals surface area contributed by atoms with E-state index in [2.05, 4.69) is 27.5 Å². The molecule has 1 amide bonds. The summed E-state index contributed by atoms with van der Waals surface area (Å²) in [5, 5.41) is 6.69. The van der Waals surface area contributed by atoms with Crippen LogP contribution in [0.4, 0.5) is 11.4 Å². The molecule has 114 valence electrons. The SMILES string of the molecule is CN1CCN(c2ccc(NC(=O)[C@@H]3CCN3)cc2Cl)CC1. The molecule has 2 aliphatic rings. The predicted octanol–water partition coefficient (Wildman–Crippen LogP) is 1.39. The predicted molar refractivity (Wildman–Crippen MR) is 86.2 cm³/mol. The maximum absolute atomic E-state index is 11.9. The monoisotopic (exact) mass is 308 g/mol. The van der Waals surface area contributed by atoms with Gasteiger partial charge in [-0.15, -0.1) is 0 Å². The lowest BCUT2D eigenvalue weighted by Gasteiger charge is -2.34. The smallest absolute Gasteiger partial charge is 0.241 e. The molecule has 0 aromatic heterocycles. The van der Waals surface area contributed by atoms with Crippen LogP contribution in [-0.4, -0.2) is 56.6 Å². The maximum atomic E-state index is 11.9. The van der Waals surface area contributed by atoms with Crippen molar-refractivity contribution in [3.05, 3.63) is 23.2 Å². The van der Waals surface area contributed by atoms with E-state index in [9.17, 15) is 4.79 Å². The summed E-state index contributed by atoms with van der Waals surface area (Å²) in [5.41, 5.74) is 1.81. The van der Waals surface area contributed by atoms with Gasteiger partial charge in [0, 0.05) is 31.9 Å². The number of likely N-dealkylation sites (N-methyl/N-ethyl adjacent to an activating group) is 1. The van der Waals surface area contributed by atoms with Gasteiger partial charge in [0.1, 0.15) is 0 Å². The second-order valence-electron chi connectivity index (χ2n) is 5.74. The van der Waals surface area contributed by atoms with Crippen LogP contribution in [0.2, 0.25) is 5.02 Å². The van der Waals surface area contributed by atoms with Gasteiger partial charge in [0.25, 0.3) is 0 Å². The minimum absolute atomic E-state index is 0.0182. The molecule has 6 heteroatoms. The average molecular weight is 309 g/mol. The van der Waals surface area contributed by atoms with Gasteiger partial charge >= 0.3 is 0 Å². The Kier molecular flexibility index (Phi) is 4.33. The Bertz CT molecular complexity index is 524. The van der Waals surface area contributed by atoms with Gasteiger partial charge < -0.3 is 20.4 Å². The lowest BCUT2D eigenvalue weighted by Crippen LogP contribution is -2.50. The standard InChI is InChI=1S/C15H21ClN4O/c1-19-6-8-20(9-7-19)14-3-2-11(10-12(14)16)18-15(21)13-4-5-17-13/h2-3,10,13,17H,4-9H2,1H3,(H,18,21)/t13-/m0/s1. The number of nitrogens with one attached hydrogen (secondary N) is 2. The minimum atomic E-state index is -0.0546. The highest BCUT2D eigenvalue weighted by atomic mass is 35.5. The number of piperazine rings is 1. The first-order valence-electron chi connectivity index (χ1n) is 7.41. The van der Waals surface area contributed by atoms with Crippen molar-refractivity contribution in [1.82, 2.24) is 10.2 Å². The van der Waals surface area contributed by atoms with Gasteiger partial charge in [-0.1, -0.05) is 11.6 Å². The van der Waals surface area contributed by atoms with Crippen LogP contribution in [0.25, 0.3) is 0 Å². The van der Waals surface area contributed by atoms with Crippen molar-refractivity contribution in [2.45, 2.75) is 12.5 Å². The normalized spacial score (nSPS) is 22.8. The number of hydrogen-bond donors (Lipinski definition) is 2. The molecule has 2 heterocycles. The van der Waals surface area contributed by atoms with Crippen LogP contribution in [0.5, 0.6) is 0 Å². The Labute approximate surface area is 130 Å². The van der Waals surface area contributed by atoms with Crippen LogP contribution >= 0.6 is 11.6 Å². The van der Waals surface area contributed by atoms with Crippen LogP contribution < -0.4 is 15.5 Å². The number of carbonyl (C=O) groups excluding carboxylic acids is 1. The molecular formula is C15H21ClN4O. The fraction of sp³-hybridized carbons (Fsp3) is 0.533. The van der Waals surface area contributed by atoms with Gasteiger partial charge in [0.2, 0.25) is 5.91 Å². The first kappa shape index (κ1) is 14.6. The first-order chi connectivity index (χ1) is 10.1. The number of anilines is 2. The third-order valence-electron chi connectivity index (χ3n) is 4.20. The number of nitrogens with zero attached hydrogens (tertiary/aromatic N) is 2. The molecule has 5 nitrogen and oxygen atoms in total. The Balaban J connectivity index is 1.66. The third-order valence-corrected chi connectivity index (χ3v) is 4.50. The zero-order valence-electron chi connectivity index (χ0n) is 12.2. The molecule has 1 atom stereocenters. The zero-order chi connectivity index (χ0) is 14.8. The Morgan fingerprint density at radius 3 is 2.62 bits per heavy atom. The number of hydrogen-bond acceptors (Lipinski definition) is 4. The Morgan fingerprint density at radius 1 is 1.33 bits per heavy atom. The van der Waals surface area contributed by atoms with Crippen molar-refractivity contribution in [3.8, 4) is 0 Å². The summed E-state index contributed by atoms with van der Waals surface area (Å²) in [4.78, 5) is 16.5. The van der Waals surface area contributed by atoms with Crippen molar-refractivity contribution in [2.24, 2.45) is 0 Å². The van der Waals surface area contributed by atoms with Crippen LogP contribution in [-0.2, 0) is 4.79 Å². The average Bonchev–Trinajstić information content (AvgIpc) is 2.38. The van der Waals surface area contributed by atoms with Crippen LogP contribution in [0.1, 0.15) is 6.42 Å². The molecule has 0 aliphatic carbocycles. The van der Waals surface area contributed by atoms with Crippen molar-refractivity contribution >= 4 is 28.9 Å². The topological polar surface area (TPSA) is 47.6 Å². The zero-order valence-corrected chi connectivity index (χ0v) is 13.0. The number of amides is 1. The van der Waals surface area contributed by atoms with Crippen molar-refractivity contribution in [2.75, 3.05) is 50.0 Å². The summed E-state index contributed by atoms with van der Waals surface area (Å²) in [6.45, 7) is 4.97. The molecule has 1 aromatic carbocycles. The van der Waals surface area contributed by atoms with Crippen LogP contribution in [0, 0.1) is 0 Å². The van der Waals surface area contributed by atoms with Gasteiger partial charge in [0.05, 0.1) is 16.8 Å². The van der Waals surface area contributed by atoms with E-state index in [1.54, 1.807) is 0 Å². The molecular weight excluding hydrogens is 288 g/mol. The molecule has 1 aromatic rings. The minimum Gasteiger partial charge on any atom is -0.368 e. The van der Waals surface area contributed by atoms with Gasteiger partial charge in [-0.3, -0.25) is 4.79 Å². The van der Waals surface area contributed by atoms with Gasteiger partial charge in [-0.05, 0) is 38.2 Å². The largest absolute Gasteiger partial charge is 0.368 e. The highest BCUT2D eigenvalue weighted by Gasteiger charge is 2.24. The van der Waals surface area contributed by atoms with E-state index in [0.29, 0.717) is 5.02 Å².